The van der Waals surface area contributed by atoms with Gasteiger partial charge in [-0.15, -0.1) is 0 Å². The maximum atomic E-state index is 12.8. The van der Waals surface area contributed by atoms with Crippen molar-refractivity contribution in [1.29, 1.82) is 0 Å². The highest BCUT2D eigenvalue weighted by Gasteiger charge is 2.21. The van der Waals surface area contributed by atoms with E-state index in [1.165, 1.54) is 55.6 Å². The van der Waals surface area contributed by atoms with Crippen molar-refractivity contribution in [1.82, 2.24) is 0 Å². The number of fused-ring (bicyclic) bond motifs is 1. The zero-order chi connectivity index (χ0) is 26.6. The van der Waals surface area contributed by atoms with Crippen molar-refractivity contribution >= 4 is 31.8 Å². The molecule has 0 amide bonds. The molecule has 0 unspecified atom stereocenters. The monoisotopic (exact) mass is 552 g/mol. The van der Waals surface area contributed by atoms with Gasteiger partial charge in [0.05, 0.1) is 7.11 Å². The number of rotatable bonds is 10. The SMILES string of the molecule is COc1ccc(C(Oc2ccc(OS(=O)(=O)F)cc2)Oc2ccc(OS(=O)(=O)F)cc2)c2ccccc12. The normalized spacial score (nSPS) is 11.8. The predicted molar refractivity (Wildman–Crippen MR) is 129 cm³/mol. The van der Waals surface area contributed by atoms with Crippen molar-refractivity contribution in [3.63, 3.8) is 0 Å². The highest BCUT2D eigenvalue weighted by molar-refractivity contribution is 7.82. The van der Waals surface area contributed by atoms with Crippen LogP contribution in [0.5, 0.6) is 28.7 Å². The molecule has 0 bridgehead atoms. The van der Waals surface area contributed by atoms with Crippen LogP contribution >= 0.6 is 0 Å². The lowest BCUT2D eigenvalue weighted by atomic mass is 10.0. The van der Waals surface area contributed by atoms with Crippen LogP contribution in [0.1, 0.15) is 11.9 Å². The molecule has 0 N–H and O–H groups in total. The molecule has 0 aliphatic heterocycles. The number of hydrogen-bond donors (Lipinski definition) is 0. The van der Waals surface area contributed by atoms with Crippen LogP contribution in [0.15, 0.2) is 84.9 Å². The first-order chi connectivity index (χ1) is 17.5. The van der Waals surface area contributed by atoms with Crippen LogP contribution in [0.25, 0.3) is 10.8 Å². The third kappa shape index (κ3) is 6.98. The first-order valence-corrected chi connectivity index (χ1v) is 13.0. The number of benzene rings is 4. The minimum atomic E-state index is -5.19. The summed E-state index contributed by atoms with van der Waals surface area (Å²) >= 11 is 0. The summed E-state index contributed by atoms with van der Waals surface area (Å²) in [6.45, 7) is 0. The number of hydrogen-bond acceptors (Lipinski definition) is 9. The van der Waals surface area contributed by atoms with Crippen LogP contribution in [0.3, 0.4) is 0 Å². The van der Waals surface area contributed by atoms with Gasteiger partial charge < -0.3 is 22.6 Å². The average Bonchev–Trinajstić information content (AvgIpc) is 2.83. The highest BCUT2D eigenvalue weighted by atomic mass is 32.3. The van der Waals surface area contributed by atoms with Crippen molar-refractivity contribution < 1.29 is 47.2 Å². The van der Waals surface area contributed by atoms with Crippen LogP contribution in [-0.4, -0.2) is 23.9 Å². The van der Waals surface area contributed by atoms with E-state index in [0.29, 0.717) is 11.3 Å². The number of halogens is 2. The fourth-order valence-electron chi connectivity index (χ4n) is 3.45. The standard InChI is InChI=1S/C24H18F2O9S2/c1-31-23-15-14-22(20-4-2-3-5-21(20)23)24(32-16-6-10-18(11-7-16)34-36(25,27)28)33-17-8-12-19(13-9-17)35-37(26,29)30/h2-15,24H,1H3. The van der Waals surface area contributed by atoms with Crippen LogP contribution in [0.4, 0.5) is 7.77 Å². The molecule has 0 aliphatic rings. The molecule has 0 saturated carbocycles. The van der Waals surface area contributed by atoms with E-state index in [2.05, 4.69) is 8.37 Å². The maximum Gasteiger partial charge on any atom is 0.488 e. The minimum Gasteiger partial charge on any atom is -0.496 e. The topological polar surface area (TPSA) is 114 Å². The first-order valence-electron chi connectivity index (χ1n) is 10.4. The lowest BCUT2D eigenvalue weighted by Gasteiger charge is -2.23. The Labute approximate surface area is 211 Å². The molecule has 0 radical (unpaired) electrons. The molecular formula is C24H18F2O9S2. The van der Waals surface area contributed by atoms with E-state index in [9.17, 15) is 24.6 Å². The van der Waals surface area contributed by atoms with Gasteiger partial charge in [0.15, 0.2) is 0 Å². The first kappa shape index (κ1) is 26.0. The second-order valence-corrected chi connectivity index (χ2v) is 9.27. The summed E-state index contributed by atoms with van der Waals surface area (Å²) in [6.07, 6.45) is -1.09. The van der Waals surface area contributed by atoms with E-state index in [4.69, 9.17) is 14.2 Å². The van der Waals surface area contributed by atoms with E-state index in [1.54, 1.807) is 12.1 Å². The van der Waals surface area contributed by atoms with E-state index in [-0.39, 0.29) is 23.0 Å². The molecule has 0 fully saturated rings. The molecule has 0 saturated heterocycles. The Morgan fingerprint density at radius 1 is 0.595 bits per heavy atom. The van der Waals surface area contributed by atoms with Crippen LogP contribution in [0, 0.1) is 0 Å². The zero-order valence-electron chi connectivity index (χ0n) is 18.9. The molecule has 0 aliphatic carbocycles. The third-order valence-corrected chi connectivity index (χ3v) is 5.70. The fraction of sp³-hybridized carbons (Fsp3) is 0.0833. The lowest BCUT2D eigenvalue weighted by Crippen LogP contribution is -2.15. The Morgan fingerprint density at radius 3 is 1.46 bits per heavy atom. The van der Waals surface area contributed by atoms with Gasteiger partial charge in [0.2, 0.25) is 0 Å². The minimum absolute atomic E-state index is 0.219. The molecule has 4 rings (SSSR count). The summed E-state index contributed by atoms with van der Waals surface area (Å²) in [4.78, 5) is 0. The molecule has 4 aromatic rings. The van der Waals surface area contributed by atoms with Crippen molar-refractivity contribution in [2.24, 2.45) is 0 Å². The largest absolute Gasteiger partial charge is 0.496 e. The maximum absolute atomic E-state index is 12.8. The lowest BCUT2D eigenvalue weighted by molar-refractivity contribution is 0.00494. The molecule has 4 aromatic carbocycles. The van der Waals surface area contributed by atoms with Gasteiger partial charge in [-0.1, -0.05) is 32.0 Å². The van der Waals surface area contributed by atoms with Gasteiger partial charge in [0, 0.05) is 10.9 Å². The van der Waals surface area contributed by atoms with Crippen molar-refractivity contribution in [3.05, 3.63) is 90.5 Å². The molecule has 13 heteroatoms. The van der Waals surface area contributed by atoms with E-state index >= 15 is 0 Å². The quantitative estimate of drug-likeness (QED) is 0.194. The zero-order valence-corrected chi connectivity index (χ0v) is 20.5. The van der Waals surface area contributed by atoms with Crippen molar-refractivity contribution in [2.45, 2.75) is 6.29 Å². The Kier molecular flexibility index (Phi) is 7.36. The van der Waals surface area contributed by atoms with E-state index < -0.39 is 27.3 Å². The average molecular weight is 553 g/mol. The van der Waals surface area contributed by atoms with Crippen molar-refractivity contribution in [2.75, 3.05) is 7.11 Å². The second-order valence-electron chi connectivity index (χ2n) is 7.37. The summed E-state index contributed by atoms with van der Waals surface area (Å²) in [5.74, 6) is 0.524. The second kappa shape index (κ2) is 10.5. The van der Waals surface area contributed by atoms with Crippen LogP contribution in [-0.2, 0) is 21.0 Å². The smallest absolute Gasteiger partial charge is 0.488 e. The van der Waals surface area contributed by atoms with E-state index in [1.807, 2.05) is 24.3 Å². The number of ether oxygens (including phenoxy) is 3. The fourth-order valence-corrected chi connectivity index (χ4v) is 4.14. The van der Waals surface area contributed by atoms with Gasteiger partial charge in [-0.2, -0.15) is 16.8 Å². The predicted octanol–water partition coefficient (Wildman–Crippen LogP) is 5.19. The Balaban J connectivity index is 1.69. The highest BCUT2D eigenvalue weighted by Crippen LogP contribution is 2.35. The summed E-state index contributed by atoms with van der Waals surface area (Å²) in [7, 11) is -8.85. The van der Waals surface area contributed by atoms with Gasteiger partial charge in [-0.3, -0.25) is 0 Å². The molecule has 9 nitrogen and oxygen atoms in total. The van der Waals surface area contributed by atoms with Crippen LogP contribution in [0.2, 0.25) is 0 Å². The Hall–Kier alpha value is -4.10. The van der Waals surface area contributed by atoms with Gasteiger partial charge in [-0.05, 0) is 66.0 Å². The third-order valence-electron chi connectivity index (χ3n) is 4.92. The molecule has 0 heterocycles. The molecule has 0 spiro atoms. The summed E-state index contributed by atoms with van der Waals surface area (Å²) in [6, 6.07) is 21.0. The molecule has 0 aromatic heterocycles. The van der Waals surface area contributed by atoms with Gasteiger partial charge in [-0.25, -0.2) is 0 Å². The molecular weight excluding hydrogens is 534 g/mol. The van der Waals surface area contributed by atoms with Gasteiger partial charge >= 0.3 is 21.0 Å². The Bertz CT molecular complexity index is 1530. The Morgan fingerprint density at radius 2 is 1.03 bits per heavy atom. The summed E-state index contributed by atoms with van der Waals surface area (Å²) in [5, 5.41) is 1.51. The van der Waals surface area contributed by atoms with E-state index in [0.717, 1.165) is 10.8 Å². The molecule has 0 atom stereocenters. The van der Waals surface area contributed by atoms with Crippen molar-refractivity contribution in [3.8, 4) is 28.7 Å². The summed E-state index contributed by atoms with van der Waals surface area (Å²) < 4.78 is 94.4. The summed E-state index contributed by atoms with van der Waals surface area (Å²) in [5.41, 5.74) is 0.578. The van der Waals surface area contributed by atoms with Gasteiger partial charge in [0.1, 0.15) is 28.7 Å². The molecule has 194 valence electrons. The molecule has 37 heavy (non-hydrogen) atoms. The number of methoxy groups -OCH3 is 1. The van der Waals surface area contributed by atoms with Crippen LogP contribution < -0.4 is 22.6 Å². The van der Waals surface area contributed by atoms with Gasteiger partial charge in [0.25, 0.3) is 6.29 Å².